The molecule has 0 bridgehead atoms. The third-order valence-corrected chi connectivity index (χ3v) is 3.88. The van der Waals surface area contributed by atoms with E-state index in [4.69, 9.17) is 9.47 Å². The molecule has 1 aromatic heterocycles. The van der Waals surface area contributed by atoms with Crippen LogP contribution in [0.1, 0.15) is 45.9 Å². The van der Waals surface area contributed by atoms with E-state index in [0.29, 0.717) is 11.2 Å². The molecule has 25 heavy (non-hydrogen) atoms. The molecule has 1 atom stereocenters. The predicted molar refractivity (Wildman–Crippen MR) is 96.3 cm³/mol. The molecule has 0 aliphatic rings. The van der Waals surface area contributed by atoms with E-state index in [9.17, 15) is 9.59 Å². The van der Waals surface area contributed by atoms with E-state index >= 15 is 0 Å². The van der Waals surface area contributed by atoms with Crippen LogP contribution in [-0.4, -0.2) is 29.1 Å². The van der Waals surface area contributed by atoms with Crippen molar-refractivity contribution in [3.8, 4) is 0 Å². The van der Waals surface area contributed by atoms with Gasteiger partial charge >= 0.3 is 11.9 Å². The van der Waals surface area contributed by atoms with Crippen molar-refractivity contribution in [2.24, 2.45) is 0 Å². The van der Waals surface area contributed by atoms with E-state index in [0.717, 1.165) is 10.9 Å². The van der Waals surface area contributed by atoms with Crippen molar-refractivity contribution >= 4 is 22.8 Å². The largest absolute Gasteiger partial charge is 0.465 e. The Labute approximate surface area is 148 Å². The highest BCUT2D eigenvalue weighted by Gasteiger charge is 2.49. The first-order chi connectivity index (χ1) is 11.6. The Kier molecular flexibility index (Phi) is 5.16. The van der Waals surface area contributed by atoms with Crippen LogP contribution in [-0.2, 0) is 24.5 Å². The Morgan fingerprint density at radius 3 is 2.32 bits per heavy atom. The number of hydrogen-bond acceptors (Lipinski definition) is 5. The summed E-state index contributed by atoms with van der Waals surface area (Å²) in [6, 6.07) is 9.48. The maximum Gasteiger partial charge on any atom is 0.329 e. The minimum Gasteiger partial charge on any atom is -0.465 e. The molecular formula is C20H25NO4. The van der Waals surface area contributed by atoms with Crippen molar-refractivity contribution < 1.29 is 19.1 Å². The minimum atomic E-state index is -1.63. The van der Waals surface area contributed by atoms with Crippen molar-refractivity contribution in [3.05, 3.63) is 41.6 Å². The van der Waals surface area contributed by atoms with Crippen LogP contribution in [0.15, 0.2) is 30.3 Å². The minimum absolute atomic E-state index is 0.170. The highest BCUT2D eigenvalue weighted by atomic mass is 16.6. The number of fused-ring (bicyclic) bond motifs is 1. The number of para-hydroxylation sites is 1. The summed E-state index contributed by atoms with van der Waals surface area (Å²) in [7, 11) is 0. The van der Waals surface area contributed by atoms with Gasteiger partial charge in [-0.3, -0.25) is 14.6 Å². The first kappa shape index (κ1) is 18.9. The molecule has 1 aromatic carbocycles. The molecule has 0 aliphatic carbocycles. The topological polar surface area (TPSA) is 65.5 Å². The van der Waals surface area contributed by atoms with E-state index in [1.54, 1.807) is 27.7 Å². The molecule has 0 radical (unpaired) electrons. The van der Waals surface area contributed by atoms with Gasteiger partial charge in [0.25, 0.3) is 0 Å². The summed E-state index contributed by atoms with van der Waals surface area (Å²) in [6.07, 6.45) is 0. The smallest absolute Gasteiger partial charge is 0.329 e. The molecule has 5 nitrogen and oxygen atoms in total. The van der Waals surface area contributed by atoms with Gasteiger partial charge in [-0.25, -0.2) is 0 Å². The molecule has 0 spiro atoms. The molecule has 1 unspecified atom stereocenters. The van der Waals surface area contributed by atoms with Crippen LogP contribution in [0.4, 0.5) is 0 Å². The zero-order valence-corrected chi connectivity index (χ0v) is 15.7. The van der Waals surface area contributed by atoms with Crippen molar-refractivity contribution in [2.75, 3.05) is 6.61 Å². The average molecular weight is 343 g/mol. The number of esters is 2. The van der Waals surface area contributed by atoms with Gasteiger partial charge in [-0.05, 0) is 59.2 Å². The third-order valence-electron chi connectivity index (χ3n) is 3.88. The van der Waals surface area contributed by atoms with Crippen LogP contribution in [0.2, 0.25) is 0 Å². The van der Waals surface area contributed by atoms with Gasteiger partial charge in [0, 0.05) is 5.39 Å². The van der Waals surface area contributed by atoms with E-state index in [1.807, 2.05) is 37.3 Å². The summed E-state index contributed by atoms with van der Waals surface area (Å²) in [6.45, 7) is 10.5. The molecule has 5 heteroatoms. The van der Waals surface area contributed by atoms with Crippen LogP contribution < -0.4 is 0 Å². The van der Waals surface area contributed by atoms with E-state index in [1.165, 1.54) is 6.92 Å². The monoisotopic (exact) mass is 343 g/mol. The summed E-state index contributed by atoms with van der Waals surface area (Å²) < 4.78 is 10.7. The van der Waals surface area contributed by atoms with Gasteiger partial charge in [0.15, 0.2) is 0 Å². The van der Waals surface area contributed by atoms with Crippen LogP contribution in [0.3, 0.4) is 0 Å². The Balaban J connectivity index is 2.65. The van der Waals surface area contributed by atoms with Gasteiger partial charge in [0.2, 0.25) is 5.41 Å². The summed E-state index contributed by atoms with van der Waals surface area (Å²) in [5.41, 5.74) is -0.548. The van der Waals surface area contributed by atoms with E-state index in [-0.39, 0.29) is 6.61 Å². The van der Waals surface area contributed by atoms with Gasteiger partial charge in [0.1, 0.15) is 5.60 Å². The van der Waals surface area contributed by atoms with Gasteiger partial charge in [0.05, 0.1) is 17.8 Å². The van der Waals surface area contributed by atoms with E-state index in [2.05, 4.69) is 4.98 Å². The van der Waals surface area contributed by atoms with Crippen molar-refractivity contribution in [1.82, 2.24) is 4.98 Å². The lowest BCUT2D eigenvalue weighted by molar-refractivity contribution is -0.171. The molecule has 1 heterocycles. The second kappa shape index (κ2) is 6.82. The molecule has 0 saturated heterocycles. The van der Waals surface area contributed by atoms with Crippen LogP contribution >= 0.6 is 0 Å². The number of pyridine rings is 1. The summed E-state index contributed by atoms with van der Waals surface area (Å²) in [5, 5.41) is 0.944. The molecule has 2 aromatic rings. The second-order valence-corrected chi connectivity index (χ2v) is 7.19. The molecule has 0 amide bonds. The average Bonchev–Trinajstić information content (AvgIpc) is 2.52. The fourth-order valence-corrected chi connectivity index (χ4v) is 2.66. The summed E-state index contributed by atoms with van der Waals surface area (Å²) >= 11 is 0. The van der Waals surface area contributed by atoms with Gasteiger partial charge in [-0.15, -0.1) is 0 Å². The van der Waals surface area contributed by atoms with Gasteiger partial charge in [-0.2, -0.15) is 0 Å². The number of aryl methyl sites for hydroxylation is 1. The highest BCUT2D eigenvalue weighted by molar-refractivity contribution is 6.06. The fraction of sp³-hybridized carbons (Fsp3) is 0.450. The predicted octanol–water partition coefficient (Wildman–Crippen LogP) is 3.71. The molecule has 0 saturated carbocycles. The Hall–Kier alpha value is -2.43. The molecular weight excluding hydrogens is 318 g/mol. The quantitative estimate of drug-likeness (QED) is 0.625. The van der Waals surface area contributed by atoms with Crippen LogP contribution in [0, 0.1) is 6.92 Å². The lowest BCUT2D eigenvalue weighted by atomic mass is 9.83. The van der Waals surface area contributed by atoms with Crippen molar-refractivity contribution in [1.29, 1.82) is 0 Å². The number of nitrogens with zero attached hydrogens (tertiary/aromatic N) is 1. The van der Waals surface area contributed by atoms with Crippen LogP contribution in [0.25, 0.3) is 10.9 Å². The van der Waals surface area contributed by atoms with E-state index < -0.39 is 23.0 Å². The van der Waals surface area contributed by atoms with Crippen LogP contribution in [0.5, 0.6) is 0 Å². The Morgan fingerprint density at radius 1 is 1.08 bits per heavy atom. The number of rotatable bonds is 4. The summed E-state index contributed by atoms with van der Waals surface area (Å²) in [5.74, 6) is -1.32. The van der Waals surface area contributed by atoms with Crippen molar-refractivity contribution in [2.45, 2.75) is 52.6 Å². The molecule has 2 rings (SSSR count). The number of aromatic nitrogens is 1. The standard InChI is InChI=1S/C20H25NO4/c1-7-24-17(22)20(6,18(23)25-19(3,4)5)16-13(2)12-14-10-8-9-11-15(14)21-16/h8-12H,7H2,1-6H3. The Morgan fingerprint density at radius 2 is 1.72 bits per heavy atom. The highest BCUT2D eigenvalue weighted by Crippen LogP contribution is 2.32. The lowest BCUT2D eigenvalue weighted by Gasteiger charge is -2.30. The summed E-state index contributed by atoms with van der Waals surface area (Å²) in [4.78, 5) is 30.2. The number of ether oxygens (including phenoxy) is 2. The third kappa shape index (κ3) is 3.81. The molecule has 0 fully saturated rings. The van der Waals surface area contributed by atoms with Gasteiger partial charge in [-0.1, -0.05) is 18.2 Å². The SMILES string of the molecule is CCOC(=O)C(C)(C(=O)OC(C)(C)C)c1nc2ccccc2cc1C. The second-order valence-electron chi connectivity index (χ2n) is 7.19. The number of carbonyl (C=O) groups is 2. The molecule has 0 aliphatic heterocycles. The molecule has 0 N–H and O–H groups in total. The number of benzene rings is 1. The number of carbonyl (C=O) groups excluding carboxylic acids is 2. The maximum absolute atomic E-state index is 12.9. The maximum atomic E-state index is 12.9. The normalized spacial score (nSPS) is 14.0. The first-order valence-corrected chi connectivity index (χ1v) is 8.37. The zero-order chi connectivity index (χ0) is 18.8. The fourth-order valence-electron chi connectivity index (χ4n) is 2.66. The number of hydrogen-bond donors (Lipinski definition) is 0. The Bertz CT molecular complexity index is 807. The zero-order valence-electron chi connectivity index (χ0n) is 15.7. The molecule has 134 valence electrons. The van der Waals surface area contributed by atoms with Gasteiger partial charge < -0.3 is 9.47 Å². The first-order valence-electron chi connectivity index (χ1n) is 8.37. The lowest BCUT2D eigenvalue weighted by Crippen LogP contribution is -2.47. The van der Waals surface area contributed by atoms with Crippen molar-refractivity contribution in [3.63, 3.8) is 0 Å².